The van der Waals surface area contributed by atoms with Gasteiger partial charge in [-0.05, 0) is 49.4 Å². The lowest BCUT2D eigenvalue weighted by molar-refractivity contribution is -0.122. The van der Waals surface area contributed by atoms with Crippen LogP contribution in [0.5, 0.6) is 0 Å². The van der Waals surface area contributed by atoms with Gasteiger partial charge in [-0.15, -0.1) is 0 Å². The van der Waals surface area contributed by atoms with Gasteiger partial charge in [0.2, 0.25) is 12.3 Å². The molecule has 2 aliphatic rings. The van der Waals surface area contributed by atoms with Crippen LogP contribution in [-0.2, 0) is 4.79 Å². The van der Waals surface area contributed by atoms with Crippen molar-refractivity contribution < 1.29 is 23.1 Å². The fourth-order valence-electron chi connectivity index (χ4n) is 4.46. The Labute approximate surface area is 256 Å². The molecular formula is C31H40ClF3N4O2S. The van der Waals surface area contributed by atoms with Crippen LogP contribution in [0.4, 0.5) is 13.2 Å². The molecule has 1 aromatic carbocycles. The summed E-state index contributed by atoms with van der Waals surface area (Å²) in [7, 11) is 1.63. The normalized spacial score (nSPS) is 17.8. The Hall–Kier alpha value is -2.82. The number of rotatable bonds is 13. The van der Waals surface area contributed by atoms with E-state index in [0.717, 1.165) is 28.4 Å². The minimum Gasteiger partial charge on any atom is -0.393 e. The molecule has 0 bridgehead atoms. The quantitative estimate of drug-likeness (QED) is 0.225. The first kappa shape index (κ1) is 35.4. The van der Waals surface area contributed by atoms with Crippen LogP contribution >= 0.6 is 23.4 Å². The smallest absolute Gasteiger partial charge is 0.242 e. The number of aliphatic hydroxyl groups excluding tert-OH is 1. The zero-order valence-electron chi connectivity index (χ0n) is 24.3. The van der Waals surface area contributed by atoms with Crippen LogP contribution in [0.15, 0.2) is 80.6 Å². The minimum absolute atomic E-state index is 0.0935. The van der Waals surface area contributed by atoms with Crippen molar-refractivity contribution in [3.05, 3.63) is 81.5 Å². The second-order valence-corrected chi connectivity index (χ2v) is 11.2. The number of amidine groups is 1. The number of amides is 1. The molecule has 2 unspecified atom stereocenters. The van der Waals surface area contributed by atoms with Crippen molar-refractivity contribution >= 4 is 40.8 Å². The molecule has 0 saturated carbocycles. The summed E-state index contributed by atoms with van der Waals surface area (Å²) in [5, 5.41) is 15.4. The average molecular weight is 625 g/mol. The van der Waals surface area contributed by atoms with Crippen molar-refractivity contribution in [1.82, 2.24) is 10.2 Å². The standard InChI is InChI=1S/C25H36F2N4O2S.C6H4ClF/c1-5-8-19(32)11-12-24(33)30-18-14-22-20(21(28-4)9-7-10-23(26)27)15-29-25(31(22)16-18)17(3)34-13-6-2;7-5-2-1-3-6(8)4-5/h6-7,9,13,18-19,23,32H,3,5,8,10-12,14-16H2,1-2,4H3,(H,30,33);1-4H/b9-7-,13-6-,28-21?;. The van der Waals surface area contributed by atoms with Crippen molar-refractivity contribution in [2.75, 3.05) is 20.1 Å². The summed E-state index contributed by atoms with van der Waals surface area (Å²) in [6, 6.07) is 5.68. The van der Waals surface area contributed by atoms with Gasteiger partial charge >= 0.3 is 0 Å². The predicted molar refractivity (Wildman–Crippen MR) is 169 cm³/mol. The summed E-state index contributed by atoms with van der Waals surface area (Å²) >= 11 is 6.89. The van der Waals surface area contributed by atoms with Gasteiger partial charge in [-0.1, -0.05) is 61.5 Å². The number of nitrogens with zero attached hydrogens (tertiary/aromatic N) is 3. The highest BCUT2D eigenvalue weighted by Crippen LogP contribution is 2.34. The average Bonchev–Trinajstić information content (AvgIpc) is 3.36. The summed E-state index contributed by atoms with van der Waals surface area (Å²) in [4.78, 5) is 24.4. The first-order valence-electron chi connectivity index (χ1n) is 13.9. The molecule has 0 aromatic heterocycles. The van der Waals surface area contributed by atoms with Crippen molar-refractivity contribution in [3.8, 4) is 0 Å². The van der Waals surface area contributed by atoms with E-state index < -0.39 is 12.5 Å². The Balaban J connectivity index is 0.000000661. The fraction of sp³-hybridized carbons (Fsp3) is 0.452. The summed E-state index contributed by atoms with van der Waals surface area (Å²) in [6.07, 6.45) is 4.63. The number of alkyl halides is 2. The highest BCUT2D eigenvalue weighted by Gasteiger charge is 2.36. The molecule has 1 saturated heterocycles. The summed E-state index contributed by atoms with van der Waals surface area (Å²) < 4.78 is 37.3. The number of benzene rings is 1. The van der Waals surface area contributed by atoms with Gasteiger partial charge < -0.3 is 15.3 Å². The number of thioether (sulfide) groups is 1. The molecule has 2 atom stereocenters. The van der Waals surface area contributed by atoms with E-state index in [-0.39, 0.29) is 30.6 Å². The number of carbonyl (C=O) groups is 1. The van der Waals surface area contributed by atoms with Crippen LogP contribution in [0, 0.1) is 5.82 Å². The topological polar surface area (TPSA) is 77.3 Å². The Morgan fingerprint density at radius 2 is 2.14 bits per heavy atom. The van der Waals surface area contributed by atoms with Crippen molar-refractivity contribution in [2.45, 2.75) is 70.9 Å². The maximum Gasteiger partial charge on any atom is 0.242 e. The third-order valence-corrected chi connectivity index (χ3v) is 7.48. The number of halogens is 4. The van der Waals surface area contributed by atoms with E-state index in [1.807, 2.05) is 25.3 Å². The van der Waals surface area contributed by atoms with Gasteiger partial charge in [-0.2, -0.15) is 0 Å². The van der Waals surface area contributed by atoms with Crippen LogP contribution in [-0.4, -0.2) is 66.2 Å². The number of hydrogen-bond donors (Lipinski definition) is 2. The molecule has 3 rings (SSSR count). The van der Waals surface area contributed by atoms with Crippen LogP contribution < -0.4 is 5.32 Å². The van der Waals surface area contributed by atoms with E-state index in [1.165, 1.54) is 30.0 Å². The summed E-state index contributed by atoms with van der Waals surface area (Å²) in [5.41, 5.74) is 2.46. The van der Waals surface area contributed by atoms with E-state index in [4.69, 9.17) is 16.6 Å². The first-order chi connectivity index (χ1) is 20.1. The lowest BCUT2D eigenvalue weighted by Gasteiger charge is -2.29. The Kier molecular flexibility index (Phi) is 15.7. The maximum atomic E-state index is 12.6. The molecule has 11 heteroatoms. The molecule has 1 amide bonds. The maximum absolute atomic E-state index is 12.6. The van der Waals surface area contributed by atoms with Crippen LogP contribution in [0.1, 0.15) is 52.4 Å². The SMILES string of the molecule is C=C(S/C=C\C)C1=NCC(C(/C=C\CC(F)F)=NC)=C2CC(NC(=O)CCC(O)CCC)CN12.Fc1cccc(Cl)c1. The molecule has 6 nitrogen and oxygen atoms in total. The fourth-order valence-corrected chi connectivity index (χ4v) is 5.22. The monoisotopic (exact) mass is 624 g/mol. The number of carbonyl (C=O) groups excluding carboxylic acids is 1. The molecule has 1 aromatic rings. The third kappa shape index (κ3) is 11.8. The Morgan fingerprint density at radius 1 is 1.38 bits per heavy atom. The zero-order chi connectivity index (χ0) is 31.1. The molecule has 42 heavy (non-hydrogen) atoms. The van der Waals surface area contributed by atoms with Crippen molar-refractivity contribution in [1.29, 1.82) is 0 Å². The van der Waals surface area contributed by atoms with Gasteiger partial charge in [-0.25, -0.2) is 13.2 Å². The van der Waals surface area contributed by atoms with E-state index >= 15 is 0 Å². The van der Waals surface area contributed by atoms with E-state index in [1.54, 1.807) is 25.3 Å². The van der Waals surface area contributed by atoms with Gasteiger partial charge in [0, 0.05) is 54.1 Å². The third-order valence-electron chi connectivity index (χ3n) is 6.37. The van der Waals surface area contributed by atoms with Gasteiger partial charge in [0.15, 0.2) is 0 Å². The number of fused-ring (bicyclic) bond motifs is 1. The number of nitrogens with one attached hydrogen (secondary N) is 1. The minimum atomic E-state index is -2.41. The van der Waals surface area contributed by atoms with Crippen LogP contribution in [0.3, 0.4) is 0 Å². The second-order valence-electron chi connectivity index (χ2n) is 9.71. The molecule has 2 N–H and O–H groups in total. The second kappa shape index (κ2) is 18.7. The predicted octanol–water partition coefficient (Wildman–Crippen LogP) is 7.33. The number of aliphatic hydroxyl groups is 1. The van der Waals surface area contributed by atoms with Crippen molar-refractivity contribution in [2.24, 2.45) is 9.98 Å². The van der Waals surface area contributed by atoms with E-state index in [0.29, 0.717) is 43.1 Å². The lowest BCUT2D eigenvalue weighted by Crippen LogP contribution is -2.39. The molecule has 0 radical (unpaired) electrons. The van der Waals surface area contributed by atoms with Crippen LogP contribution in [0.25, 0.3) is 0 Å². The number of hydrogen-bond acceptors (Lipinski definition) is 6. The van der Waals surface area contributed by atoms with Gasteiger partial charge in [0.25, 0.3) is 0 Å². The van der Waals surface area contributed by atoms with Gasteiger partial charge in [0.05, 0.1) is 24.4 Å². The summed E-state index contributed by atoms with van der Waals surface area (Å²) in [6.45, 7) is 9.00. The largest absolute Gasteiger partial charge is 0.393 e. The van der Waals surface area contributed by atoms with Gasteiger partial charge in [0.1, 0.15) is 11.7 Å². The van der Waals surface area contributed by atoms with E-state index in [2.05, 4.69) is 21.8 Å². The van der Waals surface area contributed by atoms with Crippen molar-refractivity contribution in [3.63, 3.8) is 0 Å². The highest BCUT2D eigenvalue weighted by molar-refractivity contribution is 8.06. The first-order valence-corrected chi connectivity index (χ1v) is 15.2. The zero-order valence-corrected chi connectivity index (χ0v) is 25.9. The molecule has 230 valence electrons. The molecule has 2 heterocycles. The number of aliphatic imine (C=N–C) groups is 2. The van der Waals surface area contributed by atoms with E-state index in [9.17, 15) is 23.1 Å². The Morgan fingerprint density at radius 3 is 2.74 bits per heavy atom. The molecule has 0 aliphatic carbocycles. The highest BCUT2D eigenvalue weighted by atomic mass is 35.5. The Bertz CT molecular complexity index is 1200. The summed E-state index contributed by atoms with van der Waals surface area (Å²) in [5.74, 6) is 0.366. The number of allylic oxidation sites excluding steroid dienone is 3. The van der Waals surface area contributed by atoms with Crippen LogP contribution in [0.2, 0.25) is 5.02 Å². The molecule has 2 aliphatic heterocycles. The molecule has 1 fully saturated rings. The molecule has 0 spiro atoms. The van der Waals surface area contributed by atoms with Gasteiger partial charge in [-0.3, -0.25) is 14.8 Å². The molecular weight excluding hydrogens is 585 g/mol. The lowest BCUT2D eigenvalue weighted by atomic mass is 10.0.